The Labute approximate surface area is 566 Å². The fourth-order valence-corrected chi connectivity index (χ4v) is 21.2. The molecule has 94 heavy (non-hydrogen) atoms. The Hall–Kier alpha value is -9.41. The molecule has 19 rings (SSSR count). The van der Waals surface area contributed by atoms with Crippen molar-refractivity contribution in [1.82, 2.24) is 0 Å². The van der Waals surface area contributed by atoms with Crippen molar-refractivity contribution in [3.8, 4) is 45.3 Å². The second kappa shape index (κ2) is 21.6. The fourth-order valence-electron chi connectivity index (χ4n) is 15.8. The van der Waals surface area contributed by atoms with Crippen LogP contribution in [0.15, 0.2) is 318 Å². The summed E-state index contributed by atoms with van der Waals surface area (Å²) in [6.07, 6.45) is 0. The van der Waals surface area contributed by atoms with Crippen LogP contribution >= 0.6 is 47.0 Å². The summed E-state index contributed by atoms with van der Waals surface area (Å²) in [5.41, 5.74) is 25.1. The standard InChI is InChI=1S/C84H58B2N2O2S4/c1-83(2)63-39-41-67-81(77(63)61-37-35-55(43-65(61)83)87(51-23-11-5-12-24-51)52-25-13-6-14-26-52)93-75-47-59(89-57-31-19-9-20-32-57)45-73-79(75)85(67)69-49-70-72(50-71(69)91-73)92-74-46-60(90-58-33-21-10-22-34-58)48-76-80(74)86(70)68-42-40-64-78(82(68)94-76)62-38-36-56(44-66(62)84(64,3)4)88(53-27-15-7-16-28-53)54-29-17-8-18-30-54/h5-50H,1-4H3. The number of para-hydroxylation sites is 6. The molecule has 13 aromatic carbocycles. The van der Waals surface area contributed by atoms with Crippen LogP contribution in [0.2, 0.25) is 0 Å². The number of fused-ring (bicyclic) bond motifs is 16. The smallest absolute Gasteiger partial charge is 0.247 e. The van der Waals surface area contributed by atoms with Crippen molar-refractivity contribution in [2.45, 2.75) is 77.7 Å². The van der Waals surface area contributed by atoms with Crippen LogP contribution in [0.5, 0.6) is 23.0 Å². The van der Waals surface area contributed by atoms with Gasteiger partial charge in [0, 0.05) is 84.1 Å². The number of anilines is 6. The molecule has 2 aliphatic carbocycles. The number of ether oxygens (including phenoxy) is 2. The molecule has 6 aliphatic rings. The van der Waals surface area contributed by atoms with Gasteiger partial charge in [-0.25, -0.2) is 0 Å². The lowest BCUT2D eigenvalue weighted by molar-refractivity contribution is 0.480. The average molecular weight is 1280 g/mol. The third kappa shape index (κ3) is 8.76. The van der Waals surface area contributed by atoms with E-state index in [4.69, 9.17) is 9.47 Å². The maximum atomic E-state index is 6.84. The van der Waals surface area contributed by atoms with Crippen molar-refractivity contribution >= 4 is 127 Å². The van der Waals surface area contributed by atoms with Crippen LogP contribution in [0.25, 0.3) is 22.3 Å². The quantitative estimate of drug-likeness (QED) is 0.125. The normalized spacial score (nSPS) is 14.6. The molecule has 0 atom stereocenters. The molecule has 10 heteroatoms. The minimum atomic E-state index is -0.276. The first-order valence-corrected chi connectivity index (χ1v) is 35.5. The van der Waals surface area contributed by atoms with Gasteiger partial charge in [0.05, 0.1) is 0 Å². The first kappa shape index (κ1) is 56.2. The molecule has 0 saturated carbocycles. The van der Waals surface area contributed by atoms with Gasteiger partial charge in [-0.15, -0.1) is 0 Å². The number of benzene rings is 13. The average Bonchev–Trinajstić information content (AvgIpc) is 1.32. The number of hydrogen-bond acceptors (Lipinski definition) is 8. The summed E-state index contributed by atoms with van der Waals surface area (Å²) < 4.78 is 13.7. The molecule has 4 heterocycles. The highest BCUT2D eigenvalue weighted by Gasteiger charge is 2.48. The molecular weight excluding hydrogens is 1220 g/mol. The van der Waals surface area contributed by atoms with E-state index in [0.29, 0.717) is 0 Å². The Morgan fingerprint density at radius 3 is 0.979 bits per heavy atom. The maximum Gasteiger partial charge on any atom is 0.247 e. The monoisotopic (exact) mass is 1280 g/mol. The number of nitrogens with zero attached hydrogens (tertiary/aromatic N) is 2. The van der Waals surface area contributed by atoms with Gasteiger partial charge < -0.3 is 19.3 Å². The highest BCUT2D eigenvalue weighted by molar-refractivity contribution is 8.02. The Morgan fingerprint density at radius 2 is 0.617 bits per heavy atom. The summed E-state index contributed by atoms with van der Waals surface area (Å²) in [6.45, 7) is 9.63. The molecule has 0 unspecified atom stereocenters. The van der Waals surface area contributed by atoms with E-state index < -0.39 is 0 Å². The summed E-state index contributed by atoms with van der Waals surface area (Å²) in [7, 11) is 0. The first-order valence-electron chi connectivity index (χ1n) is 32.2. The summed E-state index contributed by atoms with van der Waals surface area (Å²) in [5.74, 6) is 3.34. The van der Waals surface area contributed by atoms with E-state index in [2.05, 4.69) is 280 Å². The van der Waals surface area contributed by atoms with E-state index in [0.717, 1.165) is 57.1 Å². The molecule has 0 fully saturated rings. The predicted octanol–water partition coefficient (Wildman–Crippen LogP) is 19.7. The lowest BCUT2D eigenvalue weighted by Crippen LogP contribution is -2.62. The van der Waals surface area contributed by atoms with Crippen LogP contribution in [0.4, 0.5) is 34.1 Å². The Kier molecular flexibility index (Phi) is 12.9. The third-order valence-corrected chi connectivity index (χ3v) is 24.8. The Morgan fingerprint density at radius 1 is 0.277 bits per heavy atom. The van der Waals surface area contributed by atoms with Gasteiger partial charge in [-0.05, 0) is 183 Å². The van der Waals surface area contributed by atoms with Crippen molar-refractivity contribution < 1.29 is 9.47 Å². The lowest BCUT2D eigenvalue weighted by Gasteiger charge is -2.38. The van der Waals surface area contributed by atoms with Gasteiger partial charge in [0.2, 0.25) is 13.4 Å². The molecule has 4 aliphatic heterocycles. The van der Waals surface area contributed by atoms with Crippen molar-refractivity contribution in [2.24, 2.45) is 0 Å². The third-order valence-electron chi connectivity index (χ3n) is 20.1. The fraction of sp³-hybridized carbons (Fsp3) is 0.0714. The zero-order valence-electron chi connectivity index (χ0n) is 52.1. The molecule has 4 nitrogen and oxygen atoms in total. The van der Waals surface area contributed by atoms with E-state index >= 15 is 0 Å². The second-order valence-electron chi connectivity index (χ2n) is 26.2. The zero-order valence-corrected chi connectivity index (χ0v) is 55.3. The van der Waals surface area contributed by atoms with Crippen molar-refractivity contribution in [1.29, 1.82) is 0 Å². The van der Waals surface area contributed by atoms with E-state index in [9.17, 15) is 0 Å². The minimum absolute atomic E-state index is 0.0323. The van der Waals surface area contributed by atoms with E-state index in [1.807, 2.05) is 83.4 Å². The maximum absolute atomic E-state index is 6.84. The Balaban J connectivity index is 0.792. The van der Waals surface area contributed by atoms with E-state index in [-0.39, 0.29) is 24.3 Å². The summed E-state index contributed by atoms with van der Waals surface area (Å²) in [6, 6.07) is 102. The van der Waals surface area contributed by atoms with Gasteiger partial charge in [0.25, 0.3) is 0 Å². The topological polar surface area (TPSA) is 24.9 Å². The molecule has 0 amide bonds. The van der Waals surface area contributed by atoms with Crippen molar-refractivity contribution in [2.75, 3.05) is 9.80 Å². The van der Waals surface area contributed by atoms with Gasteiger partial charge in [-0.1, -0.05) is 248 Å². The van der Waals surface area contributed by atoms with Crippen LogP contribution in [0.3, 0.4) is 0 Å². The van der Waals surface area contributed by atoms with Crippen molar-refractivity contribution in [3.63, 3.8) is 0 Å². The van der Waals surface area contributed by atoms with Gasteiger partial charge >= 0.3 is 0 Å². The summed E-state index contributed by atoms with van der Waals surface area (Å²) >= 11 is 7.66. The predicted molar refractivity (Wildman–Crippen MR) is 396 cm³/mol. The molecule has 0 saturated heterocycles. The molecule has 446 valence electrons. The summed E-state index contributed by atoms with van der Waals surface area (Å²) in [4.78, 5) is 15.0. The highest BCUT2D eigenvalue weighted by atomic mass is 32.2. The van der Waals surface area contributed by atoms with Gasteiger partial charge in [-0.2, -0.15) is 0 Å². The Bertz CT molecular complexity index is 4880. The molecule has 0 spiro atoms. The number of hydrogen-bond donors (Lipinski definition) is 0. The minimum Gasteiger partial charge on any atom is -0.457 e. The molecule has 0 aromatic heterocycles. The van der Waals surface area contributed by atoms with Gasteiger partial charge in [0.1, 0.15) is 23.0 Å². The number of rotatable bonds is 10. The van der Waals surface area contributed by atoms with Crippen LogP contribution in [0, 0.1) is 0 Å². The summed E-state index contributed by atoms with van der Waals surface area (Å²) in [5, 5.41) is 0. The SMILES string of the molecule is CC1(C)c2cc(N(c3ccccc3)c3ccccc3)ccc2-c2c1ccc1c2Sc2cc(Oc3ccccc3)cc3c2B1c1cc2c(cc1S3)Sc1cc(Oc3ccccc3)cc3c1B2c1ccc2c(c1S3)-c1ccc(N(c3ccccc3)c3ccccc3)cc1C2(C)C. The lowest BCUT2D eigenvalue weighted by atomic mass is 9.33. The van der Waals surface area contributed by atoms with E-state index in [1.54, 1.807) is 0 Å². The highest BCUT2D eigenvalue weighted by Crippen LogP contribution is 2.58. The van der Waals surface area contributed by atoms with Crippen LogP contribution < -0.4 is 52.1 Å². The van der Waals surface area contributed by atoms with Gasteiger partial charge in [-0.3, -0.25) is 0 Å². The molecule has 0 N–H and O–H groups in total. The first-order chi connectivity index (χ1) is 46.1. The van der Waals surface area contributed by atoms with Crippen LogP contribution in [-0.2, 0) is 10.8 Å². The molecular formula is C84H58B2N2O2S4. The van der Waals surface area contributed by atoms with E-state index in [1.165, 1.54) is 116 Å². The van der Waals surface area contributed by atoms with Gasteiger partial charge in [0.15, 0.2) is 0 Å². The zero-order chi connectivity index (χ0) is 62.6. The van der Waals surface area contributed by atoms with Crippen molar-refractivity contribution in [3.05, 3.63) is 301 Å². The van der Waals surface area contributed by atoms with Crippen LogP contribution in [-0.4, -0.2) is 13.4 Å². The molecule has 0 radical (unpaired) electrons. The molecule has 0 bridgehead atoms. The largest absolute Gasteiger partial charge is 0.457 e. The second-order valence-corrected chi connectivity index (χ2v) is 30.5. The van der Waals surface area contributed by atoms with Crippen LogP contribution in [0.1, 0.15) is 49.9 Å². The molecule has 13 aromatic rings.